The van der Waals surface area contributed by atoms with Crippen molar-refractivity contribution in [2.24, 2.45) is 0 Å². The average molecular weight is 414 g/mol. The van der Waals surface area contributed by atoms with Gasteiger partial charge < -0.3 is 9.64 Å². The topological polar surface area (TPSA) is 84.4 Å². The lowest BCUT2D eigenvalue weighted by Crippen LogP contribution is -2.36. The number of ether oxygens (including phenoxy) is 1. The Balaban J connectivity index is 1.48. The molecule has 2 heterocycles. The third kappa shape index (κ3) is 4.36. The van der Waals surface area contributed by atoms with Crippen LogP contribution in [0, 0.1) is 5.82 Å². The highest BCUT2D eigenvalue weighted by Crippen LogP contribution is 2.23. The molecular weight excluding hydrogens is 395 g/mol. The Morgan fingerprint density at radius 1 is 0.931 bits per heavy atom. The minimum atomic E-state index is -4.01. The van der Waals surface area contributed by atoms with Crippen LogP contribution < -0.4 is 9.62 Å². The Morgan fingerprint density at radius 2 is 1.66 bits per heavy atom. The van der Waals surface area contributed by atoms with Crippen LogP contribution in [0.15, 0.2) is 65.6 Å². The molecule has 0 atom stereocenters. The van der Waals surface area contributed by atoms with Crippen molar-refractivity contribution in [3.8, 4) is 11.3 Å². The van der Waals surface area contributed by atoms with Crippen LogP contribution in [0.4, 0.5) is 15.9 Å². The molecule has 4 rings (SSSR count). The van der Waals surface area contributed by atoms with E-state index < -0.39 is 20.7 Å². The van der Waals surface area contributed by atoms with Gasteiger partial charge in [-0.3, -0.25) is 4.72 Å². The fourth-order valence-electron chi connectivity index (χ4n) is 3.02. The van der Waals surface area contributed by atoms with Gasteiger partial charge in [0.05, 0.1) is 18.9 Å². The smallest absolute Gasteiger partial charge is 0.264 e. The van der Waals surface area contributed by atoms with Crippen molar-refractivity contribution < 1.29 is 17.5 Å². The number of benzene rings is 2. The van der Waals surface area contributed by atoms with Crippen molar-refractivity contribution in [1.82, 2.24) is 10.2 Å². The summed E-state index contributed by atoms with van der Waals surface area (Å²) >= 11 is 0. The summed E-state index contributed by atoms with van der Waals surface area (Å²) in [6, 6.07) is 15.7. The Bertz CT molecular complexity index is 1080. The van der Waals surface area contributed by atoms with E-state index in [1.807, 2.05) is 12.1 Å². The summed E-state index contributed by atoms with van der Waals surface area (Å²) in [7, 11) is -4.01. The molecule has 29 heavy (non-hydrogen) atoms. The third-order valence-corrected chi connectivity index (χ3v) is 5.96. The van der Waals surface area contributed by atoms with Crippen molar-refractivity contribution in [1.29, 1.82) is 0 Å². The normalized spacial score (nSPS) is 14.6. The molecule has 0 aliphatic carbocycles. The fourth-order valence-corrected chi connectivity index (χ4v) is 4.16. The summed E-state index contributed by atoms with van der Waals surface area (Å²) in [5.74, 6) is -0.00132. The molecule has 0 spiro atoms. The van der Waals surface area contributed by atoms with E-state index in [1.165, 1.54) is 18.2 Å². The van der Waals surface area contributed by atoms with E-state index in [4.69, 9.17) is 4.74 Å². The number of halogens is 1. The largest absolute Gasteiger partial charge is 0.378 e. The predicted octanol–water partition coefficient (Wildman–Crippen LogP) is 2.92. The van der Waals surface area contributed by atoms with E-state index in [1.54, 1.807) is 24.3 Å². The molecule has 0 saturated carbocycles. The summed E-state index contributed by atoms with van der Waals surface area (Å²) in [6.45, 7) is 2.91. The molecular formula is C20H19FN4O3S. The summed E-state index contributed by atoms with van der Waals surface area (Å²) in [5, 5.41) is 8.54. The summed E-state index contributed by atoms with van der Waals surface area (Å²) < 4.78 is 46.3. The summed E-state index contributed by atoms with van der Waals surface area (Å²) in [5.41, 5.74) is 1.79. The minimum Gasteiger partial charge on any atom is -0.378 e. The van der Waals surface area contributed by atoms with Crippen LogP contribution in [0.1, 0.15) is 0 Å². The zero-order chi connectivity index (χ0) is 20.3. The monoisotopic (exact) mass is 414 g/mol. The van der Waals surface area contributed by atoms with E-state index in [0.717, 1.165) is 30.5 Å². The first-order valence-corrected chi connectivity index (χ1v) is 10.6. The summed E-state index contributed by atoms with van der Waals surface area (Å²) in [6.07, 6.45) is 0. The fraction of sp³-hybridized carbons (Fsp3) is 0.200. The molecule has 7 nitrogen and oxygen atoms in total. The standard InChI is InChI=1S/C20H19FN4O3S/c21-17-3-1-2-4-19(17)29(26,27)24-16-7-5-15(6-8-16)18-9-10-20(23-22-18)25-11-13-28-14-12-25/h1-10,24H,11-14H2. The lowest BCUT2D eigenvalue weighted by Gasteiger charge is -2.27. The number of nitrogens with zero attached hydrogens (tertiary/aromatic N) is 3. The van der Waals surface area contributed by atoms with Gasteiger partial charge in [0, 0.05) is 24.3 Å². The van der Waals surface area contributed by atoms with Crippen LogP contribution in [0.5, 0.6) is 0 Å². The molecule has 0 unspecified atom stereocenters. The first-order chi connectivity index (χ1) is 14.0. The van der Waals surface area contributed by atoms with Gasteiger partial charge in [0.25, 0.3) is 10.0 Å². The molecule has 1 fully saturated rings. The number of morpholine rings is 1. The molecule has 150 valence electrons. The van der Waals surface area contributed by atoms with Crippen LogP contribution >= 0.6 is 0 Å². The molecule has 0 radical (unpaired) electrons. The van der Waals surface area contributed by atoms with E-state index in [9.17, 15) is 12.8 Å². The SMILES string of the molecule is O=S(=O)(Nc1ccc(-c2ccc(N3CCOCC3)nn2)cc1)c1ccccc1F. The molecule has 0 bridgehead atoms. The minimum absolute atomic E-state index is 0.329. The molecule has 2 aromatic carbocycles. The van der Waals surface area contributed by atoms with Crippen LogP contribution in [0.2, 0.25) is 0 Å². The number of rotatable bonds is 5. The maximum absolute atomic E-state index is 13.8. The Kier molecular flexibility index (Phi) is 5.41. The van der Waals surface area contributed by atoms with Crippen LogP contribution in [-0.2, 0) is 14.8 Å². The lowest BCUT2D eigenvalue weighted by molar-refractivity contribution is 0.122. The quantitative estimate of drug-likeness (QED) is 0.691. The zero-order valence-electron chi connectivity index (χ0n) is 15.5. The number of aromatic nitrogens is 2. The molecule has 1 N–H and O–H groups in total. The Labute approximate surface area is 168 Å². The van der Waals surface area contributed by atoms with Gasteiger partial charge in [0.2, 0.25) is 0 Å². The average Bonchev–Trinajstić information content (AvgIpc) is 2.75. The first-order valence-electron chi connectivity index (χ1n) is 9.07. The molecule has 0 amide bonds. The molecule has 1 aliphatic rings. The maximum atomic E-state index is 13.8. The van der Waals surface area contributed by atoms with Gasteiger partial charge >= 0.3 is 0 Å². The van der Waals surface area contributed by atoms with Gasteiger partial charge in [-0.05, 0) is 36.4 Å². The predicted molar refractivity (Wildman–Crippen MR) is 108 cm³/mol. The molecule has 1 saturated heterocycles. The number of anilines is 2. The first kappa shape index (κ1) is 19.3. The van der Waals surface area contributed by atoms with Crippen molar-refractivity contribution in [3.05, 3.63) is 66.5 Å². The summed E-state index contributed by atoms with van der Waals surface area (Å²) in [4.78, 5) is 1.72. The maximum Gasteiger partial charge on any atom is 0.264 e. The van der Waals surface area contributed by atoms with Gasteiger partial charge in [-0.15, -0.1) is 10.2 Å². The van der Waals surface area contributed by atoms with Crippen molar-refractivity contribution in [2.75, 3.05) is 35.9 Å². The van der Waals surface area contributed by atoms with Crippen molar-refractivity contribution >= 4 is 21.5 Å². The highest BCUT2D eigenvalue weighted by molar-refractivity contribution is 7.92. The Morgan fingerprint density at radius 3 is 2.31 bits per heavy atom. The van der Waals surface area contributed by atoms with E-state index in [2.05, 4.69) is 19.8 Å². The van der Waals surface area contributed by atoms with Crippen molar-refractivity contribution in [3.63, 3.8) is 0 Å². The number of hydrogen-bond acceptors (Lipinski definition) is 6. The number of sulfonamides is 1. The second kappa shape index (κ2) is 8.14. The third-order valence-electron chi connectivity index (χ3n) is 4.54. The van der Waals surface area contributed by atoms with Crippen LogP contribution in [0.25, 0.3) is 11.3 Å². The lowest BCUT2D eigenvalue weighted by atomic mass is 10.1. The van der Waals surface area contributed by atoms with Gasteiger partial charge in [-0.1, -0.05) is 24.3 Å². The van der Waals surface area contributed by atoms with Crippen molar-refractivity contribution in [2.45, 2.75) is 4.90 Å². The molecule has 1 aliphatic heterocycles. The van der Waals surface area contributed by atoms with E-state index >= 15 is 0 Å². The Hall–Kier alpha value is -3.04. The number of hydrogen-bond donors (Lipinski definition) is 1. The van der Waals surface area contributed by atoms with Gasteiger partial charge in [-0.25, -0.2) is 12.8 Å². The van der Waals surface area contributed by atoms with E-state index in [0.29, 0.717) is 24.6 Å². The molecule has 1 aromatic heterocycles. The van der Waals surface area contributed by atoms with E-state index in [-0.39, 0.29) is 0 Å². The van der Waals surface area contributed by atoms with Crippen LogP contribution in [0.3, 0.4) is 0 Å². The number of nitrogens with one attached hydrogen (secondary N) is 1. The second-order valence-electron chi connectivity index (χ2n) is 6.49. The van der Waals surface area contributed by atoms with Gasteiger partial charge in [-0.2, -0.15) is 0 Å². The molecule has 3 aromatic rings. The highest BCUT2D eigenvalue weighted by Gasteiger charge is 2.18. The van der Waals surface area contributed by atoms with Gasteiger partial charge in [0.15, 0.2) is 5.82 Å². The second-order valence-corrected chi connectivity index (χ2v) is 8.14. The van der Waals surface area contributed by atoms with Gasteiger partial charge in [0.1, 0.15) is 10.7 Å². The zero-order valence-corrected chi connectivity index (χ0v) is 16.3. The molecule has 9 heteroatoms. The highest BCUT2D eigenvalue weighted by atomic mass is 32.2. The van der Waals surface area contributed by atoms with Crippen LogP contribution in [-0.4, -0.2) is 44.9 Å².